The minimum absolute atomic E-state index is 0.119. The van der Waals surface area contributed by atoms with Crippen LogP contribution < -0.4 is 5.32 Å². The summed E-state index contributed by atoms with van der Waals surface area (Å²) in [6, 6.07) is 24.0. The van der Waals surface area contributed by atoms with Gasteiger partial charge in [0.25, 0.3) is 5.91 Å². The van der Waals surface area contributed by atoms with E-state index in [0.717, 1.165) is 32.9 Å². The molecular weight excluding hydrogens is 400 g/mol. The lowest BCUT2D eigenvalue weighted by Gasteiger charge is -2.12. The van der Waals surface area contributed by atoms with Gasteiger partial charge in [-0.15, -0.1) is 0 Å². The quantitative estimate of drug-likeness (QED) is 0.385. The van der Waals surface area contributed by atoms with Crippen LogP contribution >= 0.6 is 0 Å². The average Bonchev–Trinajstić information content (AvgIpc) is 3.25. The first-order valence-electron chi connectivity index (χ1n) is 10.6. The summed E-state index contributed by atoms with van der Waals surface area (Å²) in [7, 11) is 0. The Hall–Kier alpha value is -4.06. The van der Waals surface area contributed by atoms with Gasteiger partial charge in [-0.2, -0.15) is 4.98 Å². The smallest absolute Gasteiger partial charge is 0.252 e. The first-order chi connectivity index (χ1) is 15.7. The fourth-order valence-corrected chi connectivity index (χ4v) is 3.93. The van der Waals surface area contributed by atoms with E-state index in [-0.39, 0.29) is 5.91 Å². The van der Waals surface area contributed by atoms with Crippen LogP contribution in [0.25, 0.3) is 32.9 Å². The number of amides is 1. The molecule has 6 heteroatoms. The SMILES string of the molecule is Cc1noc(CCCNC(=O)c2cc(-c3cccc4ccccc34)nc3ccccc23)n1. The number of para-hydroxylation sites is 1. The molecule has 5 aromatic rings. The molecule has 3 aromatic carbocycles. The zero-order valence-electron chi connectivity index (χ0n) is 17.7. The molecule has 0 fully saturated rings. The molecule has 0 aliphatic heterocycles. The number of pyridine rings is 1. The molecule has 1 N–H and O–H groups in total. The number of nitrogens with zero attached hydrogens (tertiary/aromatic N) is 3. The maximum atomic E-state index is 13.1. The zero-order valence-corrected chi connectivity index (χ0v) is 17.7. The molecule has 6 nitrogen and oxygen atoms in total. The average molecular weight is 422 g/mol. The summed E-state index contributed by atoms with van der Waals surface area (Å²) in [6.07, 6.45) is 1.34. The van der Waals surface area contributed by atoms with E-state index < -0.39 is 0 Å². The van der Waals surface area contributed by atoms with Crippen LogP contribution in [0, 0.1) is 6.92 Å². The van der Waals surface area contributed by atoms with E-state index in [0.29, 0.717) is 36.7 Å². The number of fused-ring (bicyclic) bond motifs is 2. The summed E-state index contributed by atoms with van der Waals surface area (Å²) in [6.45, 7) is 2.30. The van der Waals surface area contributed by atoms with Crippen LogP contribution in [0.15, 0.2) is 77.3 Å². The van der Waals surface area contributed by atoms with Crippen LogP contribution in [0.2, 0.25) is 0 Å². The van der Waals surface area contributed by atoms with Crippen molar-refractivity contribution in [2.75, 3.05) is 6.54 Å². The number of hydrogen-bond donors (Lipinski definition) is 1. The van der Waals surface area contributed by atoms with Gasteiger partial charge < -0.3 is 9.84 Å². The Morgan fingerprint density at radius 1 is 0.938 bits per heavy atom. The van der Waals surface area contributed by atoms with E-state index in [4.69, 9.17) is 9.51 Å². The van der Waals surface area contributed by atoms with Crippen LogP contribution in [0.4, 0.5) is 0 Å². The second-order valence-corrected chi connectivity index (χ2v) is 7.69. The highest BCUT2D eigenvalue weighted by molar-refractivity contribution is 6.08. The lowest BCUT2D eigenvalue weighted by Crippen LogP contribution is -2.25. The van der Waals surface area contributed by atoms with Crippen molar-refractivity contribution in [2.24, 2.45) is 0 Å². The Morgan fingerprint density at radius 2 is 1.72 bits per heavy atom. The van der Waals surface area contributed by atoms with E-state index in [1.807, 2.05) is 54.6 Å². The van der Waals surface area contributed by atoms with Crippen LogP contribution in [0.1, 0.15) is 28.5 Å². The van der Waals surface area contributed by atoms with Gasteiger partial charge in [-0.3, -0.25) is 4.79 Å². The predicted octanol–water partition coefficient (Wildman–Crippen LogP) is 5.11. The largest absolute Gasteiger partial charge is 0.352 e. The molecule has 0 aliphatic carbocycles. The Bertz CT molecular complexity index is 1420. The van der Waals surface area contributed by atoms with Crippen molar-refractivity contribution in [2.45, 2.75) is 19.8 Å². The highest BCUT2D eigenvalue weighted by Crippen LogP contribution is 2.30. The number of benzene rings is 3. The Morgan fingerprint density at radius 3 is 2.56 bits per heavy atom. The van der Waals surface area contributed by atoms with Crippen molar-refractivity contribution in [3.8, 4) is 11.3 Å². The molecule has 5 rings (SSSR count). The van der Waals surface area contributed by atoms with Crippen molar-refractivity contribution in [3.63, 3.8) is 0 Å². The molecule has 0 saturated heterocycles. The summed E-state index contributed by atoms with van der Waals surface area (Å²) in [5.41, 5.74) is 3.21. The number of hydrogen-bond acceptors (Lipinski definition) is 5. The third kappa shape index (κ3) is 3.95. The number of rotatable bonds is 6. The number of carbonyl (C=O) groups excluding carboxylic acids is 1. The molecule has 32 heavy (non-hydrogen) atoms. The molecule has 0 unspecified atom stereocenters. The minimum atomic E-state index is -0.119. The van der Waals surface area contributed by atoms with Gasteiger partial charge >= 0.3 is 0 Å². The van der Waals surface area contributed by atoms with Crippen LogP contribution in [0.5, 0.6) is 0 Å². The van der Waals surface area contributed by atoms with Gasteiger partial charge in [0.15, 0.2) is 5.82 Å². The van der Waals surface area contributed by atoms with Crippen LogP contribution in [-0.4, -0.2) is 27.6 Å². The second-order valence-electron chi connectivity index (χ2n) is 7.69. The first-order valence-corrected chi connectivity index (χ1v) is 10.6. The molecule has 2 heterocycles. The molecule has 0 radical (unpaired) electrons. The molecule has 2 aromatic heterocycles. The molecule has 0 spiro atoms. The van der Waals surface area contributed by atoms with E-state index in [1.165, 1.54) is 0 Å². The monoisotopic (exact) mass is 422 g/mol. The summed E-state index contributed by atoms with van der Waals surface area (Å²) in [5.74, 6) is 1.09. The van der Waals surface area contributed by atoms with E-state index >= 15 is 0 Å². The fraction of sp³-hybridized carbons (Fsp3) is 0.154. The third-order valence-corrected chi connectivity index (χ3v) is 5.45. The molecular formula is C26H22N4O2. The van der Waals surface area contributed by atoms with Crippen molar-refractivity contribution >= 4 is 27.6 Å². The molecule has 1 amide bonds. The van der Waals surface area contributed by atoms with Crippen molar-refractivity contribution in [3.05, 3.63) is 90.1 Å². The summed E-state index contributed by atoms with van der Waals surface area (Å²) < 4.78 is 5.13. The van der Waals surface area contributed by atoms with Gasteiger partial charge in [0.2, 0.25) is 5.89 Å². The Kier molecular flexibility index (Phi) is 5.34. The molecule has 0 saturated carbocycles. The molecule has 158 valence electrons. The highest BCUT2D eigenvalue weighted by atomic mass is 16.5. The summed E-state index contributed by atoms with van der Waals surface area (Å²) in [5, 5.41) is 9.91. The maximum absolute atomic E-state index is 13.1. The highest BCUT2D eigenvalue weighted by Gasteiger charge is 2.15. The van der Waals surface area contributed by atoms with E-state index in [1.54, 1.807) is 6.92 Å². The van der Waals surface area contributed by atoms with E-state index in [2.05, 4.69) is 33.7 Å². The topological polar surface area (TPSA) is 80.9 Å². The second kappa shape index (κ2) is 8.59. The normalized spacial score (nSPS) is 11.2. The lowest BCUT2D eigenvalue weighted by atomic mass is 9.99. The summed E-state index contributed by atoms with van der Waals surface area (Å²) >= 11 is 0. The minimum Gasteiger partial charge on any atom is -0.352 e. The molecule has 0 atom stereocenters. The number of carbonyl (C=O) groups is 1. The van der Waals surface area contributed by atoms with Gasteiger partial charge in [0.1, 0.15) is 0 Å². The lowest BCUT2D eigenvalue weighted by molar-refractivity contribution is 0.0954. The van der Waals surface area contributed by atoms with Crippen molar-refractivity contribution in [1.82, 2.24) is 20.4 Å². The fourth-order valence-electron chi connectivity index (χ4n) is 3.93. The third-order valence-electron chi connectivity index (χ3n) is 5.45. The van der Waals surface area contributed by atoms with Gasteiger partial charge in [-0.05, 0) is 36.2 Å². The van der Waals surface area contributed by atoms with Gasteiger partial charge in [-0.25, -0.2) is 4.98 Å². The number of aromatic nitrogens is 3. The van der Waals surface area contributed by atoms with Crippen molar-refractivity contribution in [1.29, 1.82) is 0 Å². The molecule has 0 aliphatic rings. The standard InChI is InChI=1S/C26H22N4O2/c1-17-28-25(32-30-17)14-7-15-27-26(31)22-16-24(29-23-13-5-4-11-21(22)23)20-12-6-9-18-8-2-3-10-19(18)20/h2-6,8-13,16H,7,14-15H2,1H3,(H,27,31). The van der Waals surface area contributed by atoms with E-state index in [9.17, 15) is 4.79 Å². The number of nitrogens with one attached hydrogen (secondary N) is 1. The number of aryl methyl sites for hydroxylation is 2. The predicted molar refractivity (Wildman–Crippen MR) is 124 cm³/mol. The maximum Gasteiger partial charge on any atom is 0.252 e. The first kappa shape index (κ1) is 19.9. The molecule has 0 bridgehead atoms. The Balaban J connectivity index is 1.45. The van der Waals surface area contributed by atoms with Crippen molar-refractivity contribution < 1.29 is 9.32 Å². The zero-order chi connectivity index (χ0) is 21.9. The van der Waals surface area contributed by atoms with Gasteiger partial charge in [0.05, 0.1) is 16.8 Å². The van der Waals surface area contributed by atoms with Crippen LogP contribution in [0.3, 0.4) is 0 Å². The Labute approximate surface area is 185 Å². The summed E-state index contributed by atoms with van der Waals surface area (Å²) in [4.78, 5) is 22.2. The van der Waals surface area contributed by atoms with Gasteiger partial charge in [0, 0.05) is 23.9 Å². The van der Waals surface area contributed by atoms with Gasteiger partial charge in [-0.1, -0.05) is 65.8 Å². The van der Waals surface area contributed by atoms with Crippen LogP contribution in [-0.2, 0) is 6.42 Å².